The summed E-state index contributed by atoms with van der Waals surface area (Å²) < 4.78 is 10.8. The van der Waals surface area contributed by atoms with Crippen molar-refractivity contribution in [1.82, 2.24) is 0 Å². The van der Waals surface area contributed by atoms with Gasteiger partial charge in [0, 0.05) is 17.3 Å². The second kappa shape index (κ2) is 5.75. The third kappa shape index (κ3) is 2.90. The lowest BCUT2D eigenvalue weighted by atomic mass is 10.1. The van der Waals surface area contributed by atoms with Gasteiger partial charge in [-0.3, -0.25) is 4.79 Å². The molecule has 2 aliphatic rings. The van der Waals surface area contributed by atoms with Crippen molar-refractivity contribution in [2.24, 2.45) is 11.7 Å². The number of hydrogen-bond acceptors (Lipinski definition) is 4. The number of amides is 1. The topological polar surface area (TPSA) is 73.6 Å². The Hall–Kier alpha value is -1.69. The maximum absolute atomic E-state index is 12.0. The van der Waals surface area contributed by atoms with Crippen LogP contribution in [0.25, 0.3) is 0 Å². The van der Waals surface area contributed by atoms with Crippen LogP contribution >= 0.6 is 0 Å². The van der Waals surface area contributed by atoms with Gasteiger partial charge in [0.1, 0.15) is 0 Å². The molecule has 1 aromatic rings. The van der Waals surface area contributed by atoms with Gasteiger partial charge in [0.2, 0.25) is 5.91 Å². The zero-order chi connectivity index (χ0) is 13.9. The van der Waals surface area contributed by atoms with Crippen LogP contribution in [0.15, 0.2) is 36.4 Å². The van der Waals surface area contributed by atoms with Gasteiger partial charge in [0.05, 0.1) is 19.1 Å². The minimum Gasteiger partial charge on any atom is -0.346 e. The van der Waals surface area contributed by atoms with Gasteiger partial charge in [-0.1, -0.05) is 24.3 Å². The summed E-state index contributed by atoms with van der Waals surface area (Å²) in [5.74, 6) is -0.151. The molecule has 1 aromatic carbocycles. The Balaban J connectivity index is 1.60. The van der Waals surface area contributed by atoms with Crippen molar-refractivity contribution < 1.29 is 14.3 Å². The summed E-state index contributed by atoms with van der Waals surface area (Å²) in [4.78, 5) is 12.0. The average molecular weight is 274 g/mol. The van der Waals surface area contributed by atoms with E-state index in [1.807, 2.05) is 36.4 Å². The van der Waals surface area contributed by atoms with Crippen LogP contribution in [0, 0.1) is 5.92 Å². The van der Waals surface area contributed by atoms with E-state index in [2.05, 4.69) is 5.32 Å². The van der Waals surface area contributed by atoms with Gasteiger partial charge >= 0.3 is 0 Å². The Morgan fingerprint density at radius 2 is 1.85 bits per heavy atom. The molecule has 0 aromatic heterocycles. The maximum atomic E-state index is 12.0. The van der Waals surface area contributed by atoms with Crippen molar-refractivity contribution in [2.75, 3.05) is 18.5 Å². The number of ether oxygens (including phenoxy) is 2. The Kier molecular flexibility index (Phi) is 3.82. The van der Waals surface area contributed by atoms with Gasteiger partial charge in [-0.25, -0.2) is 0 Å². The van der Waals surface area contributed by atoms with Gasteiger partial charge in [-0.05, 0) is 18.6 Å². The Morgan fingerprint density at radius 3 is 2.45 bits per heavy atom. The van der Waals surface area contributed by atoms with Crippen LogP contribution in [0.1, 0.15) is 18.3 Å². The summed E-state index contributed by atoms with van der Waals surface area (Å²) >= 11 is 0. The third-order valence-electron chi connectivity index (χ3n) is 3.53. The highest BCUT2D eigenvalue weighted by Gasteiger charge is 2.23. The molecule has 3 N–H and O–H groups in total. The number of benzene rings is 1. The highest BCUT2D eigenvalue weighted by Crippen LogP contribution is 2.25. The Labute approximate surface area is 117 Å². The van der Waals surface area contributed by atoms with Crippen LogP contribution in [0.5, 0.6) is 0 Å². The molecule has 1 saturated heterocycles. The van der Waals surface area contributed by atoms with E-state index in [1.165, 1.54) is 0 Å². The van der Waals surface area contributed by atoms with E-state index < -0.39 is 0 Å². The second-order valence-electron chi connectivity index (χ2n) is 5.08. The molecule has 1 amide bonds. The van der Waals surface area contributed by atoms with Crippen LogP contribution in [-0.4, -0.2) is 25.2 Å². The predicted octanol–water partition coefficient (Wildman–Crippen LogP) is 1.57. The number of carbonyl (C=O) groups is 1. The lowest BCUT2D eigenvalue weighted by Gasteiger charge is -2.12. The number of rotatable bonds is 3. The number of carbonyl (C=O) groups excluding carboxylic acids is 1. The SMILES string of the molecule is NC1C=CC(C(=O)Nc2ccc(C3OCCO3)cc2)C1. The first-order valence-electron chi connectivity index (χ1n) is 6.80. The molecule has 0 saturated carbocycles. The highest BCUT2D eigenvalue weighted by molar-refractivity contribution is 5.94. The van der Waals surface area contributed by atoms with Crippen molar-refractivity contribution >= 4 is 11.6 Å². The van der Waals surface area contributed by atoms with E-state index in [4.69, 9.17) is 15.2 Å². The summed E-state index contributed by atoms with van der Waals surface area (Å²) in [5.41, 5.74) is 7.48. The monoisotopic (exact) mass is 274 g/mol. The molecule has 1 aliphatic carbocycles. The molecule has 1 fully saturated rings. The van der Waals surface area contributed by atoms with Crippen LogP contribution in [0.3, 0.4) is 0 Å². The zero-order valence-electron chi connectivity index (χ0n) is 11.1. The lowest BCUT2D eigenvalue weighted by molar-refractivity contribution is -0.118. The van der Waals surface area contributed by atoms with E-state index in [9.17, 15) is 4.79 Å². The van der Waals surface area contributed by atoms with Gasteiger partial charge < -0.3 is 20.5 Å². The van der Waals surface area contributed by atoms with Crippen molar-refractivity contribution in [1.29, 1.82) is 0 Å². The molecule has 2 atom stereocenters. The first-order chi connectivity index (χ1) is 9.72. The van der Waals surface area contributed by atoms with Gasteiger partial charge in [0.15, 0.2) is 6.29 Å². The normalized spacial score (nSPS) is 26.1. The molecule has 1 heterocycles. The molecular formula is C15H18N2O3. The number of nitrogens with two attached hydrogens (primary N) is 1. The number of anilines is 1. The quantitative estimate of drug-likeness (QED) is 0.821. The largest absolute Gasteiger partial charge is 0.346 e. The van der Waals surface area contributed by atoms with E-state index in [-0.39, 0.29) is 24.2 Å². The summed E-state index contributed by atoms with van der Waals surface area (Å²) in [6.45, 7) is 1.24. The smallest absolute Gasteiger partial charge is 0.231 e. The van der Waals surface area contributed by atoms with Crippen molar-refractivity contribution in [3.8, 4) is 0 Å². The van der Waals surface area contributed by atoms with E-state index in [1.54, 1.807) is 0 Å². The Morgan fingerprint density at radius 1 is 1.15 bits per heavy atom. The number of nitrogens with one attached hydrogen (secondary N) is 1. The van der Waals surface area contributed by atoms with Crippen LogP contribution in [0.4, 0.5) is 5.69 Å². The maximum Gasteiger partial charge on any atom is 0.231 e. The fraction of sp³-hybridized carbons (Fsp3) is 0.400. The van der Waals surface area contributed by atoms with Crippen LogP contribution < -0.4 is 11.1 Å². The first kappa shape index (κ1) is 13.3. The molecule has 20 heavy (non-hydrogen) atoms. The fourth-order valence-corrected chi connectivity index (χ4v) is 2.43. The Bertz CT molecular complexity index is 506. The van der Waals surface area contributed by atoms with Crippen molar-refractivity contribution in [3.05, 3.63) is 42.0 Å². The lowest BCUT2D eigenvalue weighted by Crippen LogP contribution is -2.23. The molecule has 2 unspecified atom stereocenters. The first-order valence-corrected chi connectivity index (χ1v) is 6.80. The molecule has 0 bridgehead atoms. The third-order valence-corrected chi connectivity index (χ3v) is 3.53. The van der Waals surface area contributed by atoms with E-state index >= 15 is 0 Å². The van der Waals surface area contributed by atoms with E-state index in [0.29, 0.717) is 19.6 Å². The van der Waals surface area contributed by atoms with Crippen molar-refractivity contribution in [3.63, 3.8) is 0 Å². The van der Waals surface area contributed by atoms with Crippen LogP contribution in [0.2, 0.25) is 0 Å². The summed E-state index contributed by atoms with van der Waals surface area (Å²) in [6.07, 6.45) is 4.14. The minimum absolute atomic E-state index is 0.00945. The number of hydrogen-bond donors (Lipinski definition) is 2. The molecule has 0 radical (unpaired) electrons. The fourth-order valence-electron chi connectivity index (χ4n) is 2.43. The minimum atomic E-state index is -0.282. The summed E-state index contributed by atoms with van der Waals surface area (Å²) in [5, 5.41) is 2.89. The zero-order valence-corrected chi connectivity index (χ0v) is 11.1. The average Bonchev–Trinajstić information content (AvgIpc) is 3.10. The molecule has 3 rings (SSSR count). The molecule has 0 spiro atoms. The van der Waals surface area contributed by atoms with Gasteiger partial charge in [0.25, 0.3) is 0 Å². The highest BCUT2D eigenvalue weighted by atomic mass is 16.7. The molecule has 1 aliphatic heterocycles. The summed E-state index contributed by atoms with van der Waals surface area (Å²) in [6, 6.07) is 7.52. The van der Waals surface area contributed by atoms with Crippen LogP contribution in [-0.2, 0) is 14.3 Å². The summed E-state index contributed by atoms with van der Waals surface area (Å²) in [7, 11) is 0. The van der Waals surface area contributed by atoms with E-state index in [0.717, 1.165) is 11.3 Å². The van der Waals surface area contributed by atoms with Gasteiger partial charge in [-0.2, -0.15) is 0 Å². The van der Waals surface area contributed by atoms with Gasteiger partial charge in [-0.15, -0.1) is 0 Å². The van der Waals surface area contributed by atoms with Crippen molar-refractivity contribution in [2.45, 2.75) is 18.8 Å². The standard InChI is InChI=1S/C15H18N2O3/c16-12-4-1-11(9-12)14(18)17-13-5-2-10(3-6-13)15-19-7-8-20-15/h1-6,11-12,15H,7-9,16H2,(H,17,18). The molecular weight excluding hydrogens is 256 g/mol. The molecule has 5 heteroatoms. The second-order valence-corrected chi connectivity index (χ2v) is 5.08. The molecule has 5 nitrogen and oxygen atoms in total. The molecule has 106 valence electrons. The predicted molar refractivity (Wildman–Crippen MR) is 74.9 cm³/mol.